The maximum atomic E-state index is 11.0. The van der Waals surface area contributed by atoms with Gasteiger partial charge in [-0.3, -0.25) is 9.58 Å². The number of benzene rings is 1. The van der Waals surface area contributed by atoms with Crippen LogP contribution in [0, 0.1) is 0 Å². The molecule has 19 heavy (non-hydrogen) atoms. The second-order valence-corrected chi connectivity index (χ2v) is 4.96. The molecular weight excluding hydrogens is 242 g/mol. The Morgan fingerprint density at radius 2 is 2.16 bits per heavy atom. The number of hydrogen-bond donors (Lipinski definition) is 1. The molecule has 1 N–H and O–H groups in total. The Bertz CT molecular complexity index is 633. The van der Waals surface area contributed by atoms with Crippen LogP contribution in [0.3, 0.4) is 0 Å². The van der Waals surface area contributed by atoms with Crippen LogP contribution in [0.15, 0.2) is 30.6 Å². The van der Waals surface area contributed by atoms with Gasteiger partial charge in [-0.25, -0.2) is 4.79 Å². The summed E-state index contributed by atoms with van der Waals surface area (Å²) in [7, 11) is 1.90. The van der Waals surface area contributed by atoms with Gasteiger partial charge in [0.25, 0.3) is 0 Å². The van der Waals surface area contributed by atoms with Crippen LogP contribution >= 0.6 is 0 Å². The zero-order chi connectivity index (χ0) is 13.4. The largest absolute Gasteiger partial charge is 0.478 e. The van der Waals surface area contributed by atoms with E-state index < -0.39 is 5.97 Å². The highest BCUT2D eigenvalue weighted by molar-refractivity contribution is 5.87. The van der Waals surface area contributed by atoms with Crippen LogP contribution in [0.25, 0.3) is 0 Å². The summed E-state index contributed by atoms with van der Waals surface area (Å²) in [4.78, 5) is 13.2. The first kappa shape index (κ1) is 11.9. The molecule has 0 bridgehead atoms. The predicted molar refractivity (Wildman–Crippen MR) is 69.6 cm³/mol. The molecular formula is C14H15N3O2. The molecule has 5 heteroatoms. The lowest BCUT2D eigenvalue weighted by Gasteiger charge is -2.12. The van der Waals surface area contributed by atoms with Gasteiger partial charge in [0.15, 0.2) is 0 Å². The number of rotatable bonds is 3. The van der Waals surface area contributed by atoms with Crippen molar-refractivity contribution < 1.29 is 9.90 Å². The van der Waals surface area contributed by atoms with Crippen LogP contribution < -0.4 is 0 Å². The van der Waals surface area contributed by atoms with Crippen molar-refractivity contribution in [3.63, 3.8) is 0 Å². The van der Waals surface area contributed by atoms with Gasteiger partial charge in [0.2, 0.25) is 0 Å². The quantitative estimate of drug-likeness (QED) is 0.908. The van der Waals surface area contributed by atoms with E-state index in [1.165, 1.54) is 11.1 Å². The molecule has 0 saturated carbocycles. The highest BCUT2D eigenvalue weighted by Gasteiger charge is 2.20. The lowest BCUT2D eigenvalue weighted by Crippen LogP contribution is -2.15. The molecule has 1 aromatic carbocycles. The molecule has 3 rings (SSSR count). The number of nitrogens with zero attached hydrogens (tertiary/aromatic N) is 3. The number of carboxylic acids is 1. The molecule has 98 valence electrons. The fourth-order valence-electron chi connectivity index (χ4n) is 2.52. The fraction of sp³-hybridized carbons (Fsp3) is 0.286. The number of fused-ring (bicyclic) bond motifs is 1. The molecule has 5 nitrogen and oxygen atoms in total. The number of aromatic carboxylic acids is 1. The molecule has 1 aliphatic rings. The molecule has 0 unspecified atom stereocenters. The third-order valence-corrected chi connectivity index (χ3v) is 3.41. The van der Waals surface area contributed by atoms with Gasteiger partial charge >= 0.3 is 5.97 Å². The minimum absolute atomic E-state index is 0.363. The van der Waals surface area contributed by atoms with Crippen LogP contribution in [-0.2, 0) is 26.7 Å². The first-order valence-electron chi connectivity index (χ1n) is 6.17. The van der Waals surface area contributed by atoms with Crippen molar-refractivity contribution in [3.05, 3.63) is 52.8 Å². The van der Waals surface area contributed by atoms with Crippen LogP contribution in [0.4, 0.5) is 0 Å². The summed E-state index contributed by atoms with van der Waals surface area (Å²) >= 11 is 0. The Hall–Kier alpha value is -2.14. The zero-order valence-corrected chi connectivity index (χ0v) is 10.7. The zero-order valence-electron chi connectivity index (χ0n) is 10.7. The molecule has 0 amide bonds. The number of aromatic nitrogens is 2. The average molecular weight is 257 g/mol. The maximum Gasteiger partial charge on any atom is 0.335 e. The lowest BCUT2D eigenvalue weighted by molar-refractivity contribution is 0.0696. The SMILES string of the molecule is Cn1cc(CN2Cc3ccc(C(=O)O)cc3C2)cn1. The normalized spacial score (nSPS) is 14.6. The highest BCUT2D eigenvalue weighted by Crippen LogP contribution is 2.25. The summed E-state index contributed by atoms with van der Waals surface area (Å²) < 4.78 is 1.79. The molecule has 1 aliphatic heterocycles. The summed E-state index contributed by atoms with van der Waals surface area (Å²) in [6, 6.07) is 5.37. The Morgan fingerprint density at radius 3 is 2.84 bits per heavy atom. The second-order valence-electron chi connectivity index (χ2n) is 4.96. The maximum absolute atomic E-state index is 11.0. The van der Waals surface area contributed by atoms with Gasteiger partial charge in [-0.2, -0.15) is 5.10 Å². The summed E-state index contributed by atoms with van der Waals surface area (Å²) in [5.41, 5.74) is 3.87. The second kappa shape index (κ2) is 4.51. The van der Waals surface area contributed by atoms with E-state index in [1.54, 1.807) is 16.8 Å². The average Bonchev–Trinajstić information content (AvgIpc) is 2.94. The summed E-state index contributed by atoms with van der Waals surface area (Å²) in [5, 5.41) is 13.2. The van der Waals surface area contributed by atoms with Crippen molar-refractivity contribution in [3.8, 4) is 0 Å². The van der Waals surface area contributed by atoms with Gasteiger partial charge in [0, 0.05) is 38.4 Å². The Morgan fingerprint density at radius 1 is 1.37 bits per heavy atom. The van der Waals surface area contributed by atoms with Crippen LogP contribution in [0.1, 0.15) is 27.0 Å². The number of carbonyl (C=O) groups is 1. The summed E-state index contributed by atoms with van der Waals surface area (Å²) in [6.45, 7) is 2.50. The number of aryl methyl sites for hydroxylation is 1. The first-order valence-corrected chi connectivity index (χ1v) is 6.17. The van der Waals surface area contributed by atoms with E-state index in [9.17, 15) is 4.79 Å². The summed E-state index contributed by atoms with van der Waals surface area (Å²) in [5.74, 6) is -0.867. The van der Waals surface area contributed by atoms with E-state index in [4.69, 9.17) is 5.11 Å². The number of carboxylic acid groups (broad SMARTS) is 1. The molecule has 2 heterocycles. The molecule has 0 fully saturated rings. The van der Waals surface area contributed by atoms with E-state index in [2.05, 4.69) is 10.00 Å². The molecule has 0 atom stereocenters. The monoisotopic (exact) mass is 257 g/mol. The molecule has 0 spiro atoms. The van der Waals surface area contributed by atoms with Crippen molar-refractivity contribution >= 4 is 5.97 Å². The van der Waals surface area contributed by atoms with Crippen molar-refractivity contribution in [2.45, 2.75) is 19.6 Å². The standard InChI is InChI=1S/C14H15N3O2/c1-16-6-10(5-15-16)7-17-8-12-3-2-11(14(18)19)4-13(12)9-17/h2-6H,7-9H2,1H3,(H,18,19). The van der Waals surface area contributed by atoms with E-state index in [0.29, 0.717) is 5.56 Å². The highest BCUT2D eigenvalue weighted by atomic mass is 16.4. The predicted octanol–water partition coefficient (Wildman–Crippen LogP) is 1.63. The van der Waals surface area contributed by atoms with Crippen LogP contribution in [0.2, 0.25) is 0 Å². The lowest BCUT2D eigenvalue weighted by atomic mass is 10.1. The van der Waals surface area contributed by atoms with Gasteiger partial charge in [-0.05, 0) is 23.3 Å². The molecule has 0 aliphatic carbocycles. The topological polar surface area (TPSA) is 58.4 Å². The third-order valence-electron chi connectivity index (χ3n) is 3.41. The minimum atomic E-state index is -0.867. The van der Waals surface area contributed by atoms with E-state index in [0.717, 1.165) is 25.2 Å². The molecule has 1 aromatic heterocycles. The third kappa shape index (κ3) is 2.37. The van der Waals surface area contributed by atoms with Gasteiger partial charge in [0.05, 0.1) is 11.8 Å². The Labute approximate surface area is 111 Å². The van der Waals surface area contributed by atoms with Gasteiger partial charge in [-0.15, -0.1) is 0 Å². The molecule has 2 aromatic rings. The Kier molecular flexibility index (Phi) is 2.83. The summed E-state index contributed by atoms with van der Waals surface area (Å²) in [6.07, 6.45) is 3.87. The molecule has 0 saturated heterocycles. The first-order chi connectivity index (χ1) is 9.11. The van der Waals surface area contributed by atoms with Crippen molar-refractivity contribution in [2.24, 2.45) is 7.05 Å². The van der Waals surface area contributed by atoms with Gasteiger partial charge in [0.1, 0.15) is 0 Å². The van der Waals surface area contributed by atoms with Gasteiger partial charge in [-0.1, -0.05) is 6.07 Å². The van der Waals surface area contributed by atoms with Crippen molar-refractivity contribution in [1.29, 1.82) is 0 Å². The smallest absolute Gasteiger partial charge is 0.335 e. The molecule has 0 radical (unpaired) electrons. The Balaban J connectivity index is 1.75. The minimum Gasteiger partial charge on any atom is -0.478 e. The number of hydrogen-bond acceptors (Lipinski definition) is 3. The van der Waals surface area contributed by atoms with Crippen LogP contribution in [0.5, 0.6) is 0 Å². The van der Waals surface area contributed by atoms with Crippen molar-refractivity contribution in [1.82, 2.24) is 14.7 Å². The van der Waals surface area contributed by atoms with E-state index in [-0.39, 0.29) is 0 Å². The van der Waals surface area contributed by atoms with Crippen LogP contribution in [-0.4, -0.2) is 25.8 Å². The van der Waals surface area contributed by atoms with E-state index >= 15 is 0 Å². The van der Waals surface area contributed by atoms with E-state index in [1.807, 2.05) is 25.5 Å². The van der Waals surface area contributed by atoms with Gasteiger partial charge < -0.3 is 5.11 Å². The van der Waals surface area contributed by atoms with Crippen molar-refractivity contribution in [2.75, 3.05) is 0 Å². The fourth-order valence-corrected chi connectivity index (χ4v) is 2.52.